The highest BCUT2D eigenvalue weighted by Crippen LogP contribution is 2.29. The van der Waals surface area contributed by atoms with Crippen LogP contribution in [0.3, 0.4) is 0 Å². The van der Waals surface area contributed by atoms with E-state index in [1.54, 1.807) is 54.9 Å². The lowest BCUT2D eigenvalue weighted by Crippen LogP contribution is -2.26. The molecule has 9 heteroatoms. The van der Waals surface area contributed by atoms with Crippen molar-refractivity contribution in [1.29, 1.82) is 0 Å². The van der Waals surface area contributed by atoms with Gasteiger partial charge in [-0.25, -0.2) is 13.1 Å². The Bertz CT molecular complexity index is 1180. The molecule has 164 valence electrons. The quantitative estimate of drug-likeness (QED) is 0.549. The summed E-state index contributed by atoms with van der Waals surface area (Å²) in [5, 5.41) is 0. The van der Waals surface area contributed by atoms with E-state index in [0.717, 1.165) is 24.3 Å². The van der Waals surface area contributed by atoms with Gasteiger partial charge >= 0.3 is 6.18 Å². The number of aromatic nitrogens is 1. The Morgan fingerprint density at radius 2 is 1.65 bits per heavy atom. The number of sulfonamides is 1. The molecule has 1 aromatic heterocycles. The highest BCUT2D eigenvalue weighted by atomic mass is 32.2. The van der Waals surface area contributed by atoms with Crippen LogP contribution in [0.15, 0.2) is 60.7 Å². The van der Waals surface area contributed by atoms with Crippen molar-refractivity contribution in [3.05, 3.63) is 94.3 Å². The second-order valence-electron chi connectivity index (χ2n) is 7.20. The third-order valence-corrected chi connectivity index (χ3v) is 6.18. The lowest BCUT2D eigenvalue weighted by atomic mass is 10.0. The first-order chi connectivity index (χ1) is 14.5. The molecule has 0 aliphatic carbocycles. The van der Waals surface area contributed by atoms with Crippen molar-refractivity contribution < 1.29 is 26.4 Å². The normalized spacial score (nSPS) is 12.2. The van der Waals surface area contributed by atoms with Crippen molar-refractivity contribution in [1.82, 2.24) is 9.29 Å². The second kappa shape index (κ2) is 8.68. The highest BCUT2D eigenvalue weighted by Gasteiger charge is 2.30. The molecule has 31 heavy (non-hydrogen) atoms. The number of nitrogens with zero attached hydrogens (tertiary/aromatic N) is 1. The first-order valence-corrected chi connectivity index (χ1v) is 11.0. The van der Waals surface area contributed by atoms with Crippen molar-refractivity contribution in [2.45, 2.75) is 25.4 Å². The fourth-order valence-corrected chi connectivity index (χ4v) is 4.40. The lowest BCUT2D eigenvalue weighted by Gasteiger charge is -2.11. The molecule has 0 amide bonds. The number of hydrogen-bond donors (Lipinski definition) is 1. The predicted octanol–water partition coefficient (Wildman–Crippen LogP) is 4.20. The average Bonchev–Trinajstić information content (AvgIpc) is 2.99. The van der Waals surface area contributed by atoms with E-state index in [9.17, 15) is 26.4 Å². The van der Waals surface area contributed by atoms with Gasteiger partial charge in [-0.3, -0.25) is 4.79 Å². The zero-order valence-electron chi connectivity index (χ0n) is 16.9. The summed E-state index contributed by atoms with van der Waals surface area (Å²) >= 11 is 0. The Morgan fingerprint density at radius 1 is 1.03 bits per heavy atom. The number of alkyl halides is 3. The van der Waals surface area contributed by atoms with Crippen LogP contribution < -0.4 is 4.72 Å². The van der Waals surface area contributed by atoms with Gasteiger partial charge in [-0.1, -0.05) is 42.5 Å². The standard InChI is InChI=1S/C22H21F3N2O3S/c1-15-12-19(13-26-31(29,30)14-16-6-4-3-5-7-16)27(2)20(15)21(28)17-8-10-18(11-9-17)22(23,24)25/h3-12,26H,13-14H2,1-2H3. The lowest BCUT2D eigenvalue weighted by molar-refractivity contribution is -0.137. The number of ketones is 1. The van der Waals surface area contributed by atoms with Gasteiger partial charge in [0, 0.05) is 18.3 Å². The molecule has 0 aliphatic rings. The summed E-state index contributed by atoms with van der Waals surface area (Å²) in [6.45, 7) is 1.67. The Balaban J connectivity index is 1.76. The molecule has 0 saturated carbocycles. The Labute approximate surface area is 178 Å². The number of nitrogens with one attached hydrogen (secondary N) is 1. The second-order valence-corrected chi connectivity index (χ2v) is 9.00. The zero-order chi connectivity index (χ0) is 22.8. The number of halogens is 3. The van der Waals surface area contributed by atoms with E-state index >= 15 is 0 Å². The van der Waals surface area contributed by atoms with E-state index in [-0.39, 0.29) is 23.6 Å². The molecule has 5 nitrogen and oxygen atoms in total. The van der Waals surface area contributed by atoms with Gasteiger partial charge in [-0.05, 0) is 36.2 Å². The molecule has 0 saturated heterocycles. The maximum Gasteiger partial charge on any atom is 0.416 e. The van der Waals surface area contributed by atoms with E-state index < -0.39 is 27.5 Å². The predicted molar refractivity (Wildman–Crippen MR) is 111 cm³/mol. The Kier molecular flexibility index (Phi) is 6.38. The molecule has 2 aromatic carbocycles. The maximum atomic E-state index is 12.9. The van der Waals surface area contributed by atoms with Crippen LogP contribution in [-0.2, 0) is 35.5 Å². The van der Waals surface area contributed by atoms with E-state index in [4.69, 9.17) is 0 Å². The molecular weight excluding hydrogens is 429 g/mol. The minimum atomic E-state index is -4.48. The van der Waals surface area contributed by atoms with Crippen LogP contribution in [-0.4, -0.2) is 18.8 Å². The molecule has 0 radical (unpaired) electrons. The van der Waals surface area contributed by atoms with Gasteiger partial charge in [-0.2, -0.15) is 13.2 Å². The molecule has 3 aromatic rings. The smallest absolute Gasteiger partial charge is 0.343 e. The summed E-state index contributed by atoms with van der Waals surface area (Å²) in [7, 11) is -1.98. The Morgan fingerprint density at radius 3 is 2.23 bits per heavy atom. The van der Waals surface area contributed by atoms with Gasteiger partial charge in [0.05, 0.1) is 23.6 Å². The summed E-state index contributed by atoms with van der Waals surface area (Å²) in [5.41, 5.74) is 1.39. The molecule has 0 spiro atoms. The van der Waals surface area contributed by atoms with E-state index in [0.29, 0.717) is 16.8 Å². The molecule has 0 bridgehead atoms. The molecule has 3 rings (SSSR count). The fraction of sp³-hybridized carbons (Fsp3) is 0.227. The molecule has 0 fully saturated rings. The summed E-state index contributed by atoms with van der Waals surface area (Å²) in [6, 6.07) is 14.4. The van der Waals surface area contributed by atoms with Crippen LogP contribution in [0, 0.1) is 6.92 Å². The van der Waals surface area contributed by atoms with Crippen LogP contribution in [0.2, 0.25) is 0 Å². The van der Waals surface area contributed by atoms with E-state index in [1.807, 2.05) is 0 Å². The van der Waals surface area contributed by atoms with Crippen LogP contribution in [0.1, 0.15) is 38.4 Å². The number of carbonyl (C=O) groups excluding carboxylic acids is 1. The first-order valence-electron chi connectivity index (χ1n) is 9.36. The third-order valence-electron chi connectivity index (χ3n) is 4.89. The van der Waals surface area contributed by atoms with Crippen molar-refractivity contribution in [3.63, 3.8) is 0 Å². The third kappa shape index (κ3) is 5.42. The SMILES string of the molecule is Cc1cc(CNS(=O)(=O)Cc2ccccc2)n(C)c1C(=O)c1ccc(C(F)(F)F)cc1. The highest BCUT2D eigenvalue weighted by molar-refractivity contribution is 7.88. The number of rotatable bonds is 7. The maximum absolute atomic E-state index is 12.9. The zero-order valence-corrected chi connectivity index (χ0v) is 17.7. The molecule has 1 heterocycles. The molecule has 0 unspecified atom stereocenters. The topological polar surface area (TPSA) is 68.2 Å². The minimum Gasteiger partial charge on any atom is -0.343 e. The van der Waals surface area contributed by atoms with Crippen LogP contribution in [0.25, 0.3) is 0 Å². The van der Waals surface area contributed by atoms with E-state index in [2.05, 4.69) is 4.72 Å². The monoisotopic (exact) mass is 450 g/mol. The molecule has 0 aliphatic heterocycles. The van der Waals surface area contributed by atoms with Crippen LogP contribution in [0.4, 0.5) is 13.2 Å². The summed E-state index contributed by atoms with van der Waals surface area (Å²) in [6.07, 6.45) is -4.48. The summed E-state index contributed by atoms with van der Waals surface area (Å²) < 4.78 is 67.1. The number of aryl methyl sites for hydroxylation is 1. The fourth-order valence-electron chi connectivity index (χ4n) is 3.30. The van der Waals surface area contributed by atoms with Crippen molar-refractivity contribution >= 4 is 15.8 Å². The largest absolute Gasteiger partial charge is 0.416 e. The van der Waals surface area contributed by atoms with Gasteiger partial charge in [0.25, 0.3) is 0 Å². The van der Waals surface area contributed by atoms with Crippen molar-refractivity contribution in [2.75, 3.05) is 0 Å². The molecular formula is C22H21F3N2O3S. The van der Waals surface area contributed by atoms with Gasteiger partial charge in [-0.15, -0.1) is 0 Å². The Hall–Kier alpha value is -2.91. The average molecular weight is 450 g/mol. The summed E-state index contributed by atoms with van der Waals surface area (Å²) in [4.78, 5) is 12.9. The van der Waals surface area contributed by atoms with Crippen molar-refractivity contribution in [3.8, 4) is 0 Å². The number of hydrogen-bond acceptors (Lipinski definition) is 3. The number of carbonyl (C=O) groups is 1. The van der Waals surface area contributed by atoms with Gasteiger partial charge in [0.15, 0.2) is 0 Å². The van der Waals surface area contributed by atoms with Gasteiger partial charge in [0.1, 0.15) is 0 Å². The van der Waals surface area contributed by atoms with Crippen molar-refractivity contribution in [2.24, 2.45) is 7.05 Å². The minimum absolute atomic E-state index is 0.0210. The van der Waals surface area contributed by atoms with Crippen LogP contribution >= 0.6 is 0 Å². The molecule has 1 N–H and O–H groups in total. The van der Waals surface area contributed by atoms with Crippen LogP contribution in [0.5, 0.6) is 0 Å². The number of benzene rings is 2. The summed E-state index contributed by atoms with van der Waals surface area (Å²) in [5.74, 6) is -0.610. The molecule has 0 atom stereocenters. The first kappa shape index (κ1) is 22.8. The van der Waals surface area contributed by atoms with Gasteiger partial charge in [0.2, 0.25) is 15.8 Å². The van der Waals surface area contributed by atoms with Gasteiger partial charge < -0.3 is 4.57 Å². The van der Waals surface area contributed by atoms with E-state index in [1.165, 1.54) is 0 Å².